The predicted octanol–water partition coefficient (Wildman–Crippen LogP) is -2.34. The molecule has 3 aromatic carbocycles. The Morgan fingerprint density at radius 3 is 1.20 bits per heavy atom. The van der Waals surface area contributed by atoms with Crippen molar-refractivity contribution in [1.29, 1.82) is 0 Å². The Bertz CT molecular complexity index is 1160. The highest BCUT2D eigenvalue weighted by Crippen LogP contribution is 2.26. The SMILES string of the molecule is Cn1c(-c2ccc(-c3n(C)c4ccccc4[n+]3C)cc2)[n+](C)c2ccccc21.[I-].[I-]. The minimum absolute atomic E-state index is 0. The van der Waals surface area contributed by atoms with Gasteiger partial charge >= 0.3 is 0 Å². The van der Waals surface area contributed by atoms with E-state index in [2.05, 4.69) is 119 Å². The molecule has 5 aromatic rings. The molecule has 0 radical (unpaired) electrons. The molecule has 0 aliphatic carbocycles. The van der Waals surface area contributed by atoms with Crippen LogP contribution in [0.5, 0.6) is 0 Å². The predicted molar refractivity (Wildman–Crippen MR) is 113 cm³/mol. The fourth-order valence-electron chi connectivity index (χ4n) is 4.51. The van der Waals surface area contributed by atoms with Gasteiger partial charge in [0.15, 0.2) is 22.1 Å². The van der Waals surface area contributed by atoms with Crippen molar-refractivity contribution in [2.45, 2.75) is 0 Å². The minimum atomic E-state index is 0. The lowest BCUT2D eigenvalue weighted by Crippen LogP contribution is -3.00. The molecule has 0 aliphatic rings. The Labute approximate surface area is 210 Å². The van der Waals surface area contributed by atoms with Gasteiger partial charge in [-0.1, -0.05) is 24.3 Å². The van der Waals surface area contributed by atoms with E-state index in [0.717, 1.165) is 0 Å². The van der Waals surface area contributed by atoms with Gasteiger partial charge in [0, 0.05) is 0 Å². The van der Waals surface area contributed by atoms with E-state index in [1.54, 1.807) is 0 Å². The van der Waals surface area contributed by atoms with E-state index >= 15 is 0 Å². The molecule has 0 atom stereocenters. The highest BCUT2D eigenvalue weighted by Gasteiger charge is 2.24. The number of fused-ring (bicyclic) bond motifs is 2. The first kappa shape index (κ1) is 22.7. The molecular weight excluding hydrogens is 598 g/mol. The Hall–Kier alpha value is -1.94. The summed E-state index contributed by atoms with van der Waals surface area (Å²) in [4.78, 5) is 0. The zero-order valence-electron chi connectivity index (χ0n) is 17.5. The second-order valence-electron chi connectivity index (χ2n) is 7.44. The van der Waals surface area contributed by atoms with Crippen LogP contribution in [0.3, 0.4) is 0 Å². The summed E-state index contributed by atoms with van der Waals surface area (Å²) < 4.78 is 9.06. The summed E-state index contributed by atoms with van der Waals surface area (Å²) in [7, 11) is 8.54. The van der Waals surface area contributed by atoms with Crippen LogP contribution in [0.15, 0.2) is 72.8 Å². The molecule has 0 amide bonds. The van der Waals surface area contributed by atoms with Gasteiger partial charge in [-0.15, -0.1) is 0 Å². The molecule has 154 valence electrons. The van der Waals surface area contributed by atoms with E-state index in [1.165, 1.54) is 44.8 Å². The number of imidazole rings is 2. The average Bonchev–Trinajstić information content (AvgIpc) is 3.14. The van der Waals surface area contributed by atoms with Gasteiger partial charge in [-0.25, -0.2) is 18.3 Å². The highest BCUT2D eigenvalue weighted by atomic mass is 127. The lowest BCUT2D eigenvalue weighted by atomic mass is 10.1. The maximum atomic E-state index is 2.27. The fourth-order valence-corrected chi connectivity index (χ4v) is 4.51. The van der Waals surface area contributed by atoms with E-state index in [9.17, 15) is 0 Å². The van der Waals surface area contributed by atoms with Gasteiger partial charge in [-0.2, -0.15) is 0 Å². The molecule has 0 aliphatic heterocycles. The monoisotopic (exact) mass is 622 g/mol. The highest BCUT2D eigenvalue weighted by molar-refractivity contribution is 5.78. The molecule has 30 heavy (non-hydrogen) atoms. The Kier molecular flexibility index (Phi) is 6.57. The normalized spacial score (nSPS) is 10.8. The average molecular weight is 622 g/mol. The zero-order valence-corrected chi connectivity index (χ0v) is 21.8. The molecular formula is C24H24I2N4. The fraction of sp³-hybridized carbons (Fsp3) is 0.167. The maximum absolute atomic E-state index is 2.27. The first-order valence-corrected chi connectivity index (χ1v) is 9.55. The van der Waals surface area contributed by atoms with Crippen molar-refractivity contribution in [1.82, 2.24) is 9.13 Å². The summed E-state index contributed by atoms with van der Waals surface area (Å²) in [5.41, 5.74) is 7.39. The number of halogens is 2. The van der Waals surface area contributed by atoms with Gasteiger partial charge in [-0.3, -0.25) is 0 Å². The van der Waals surface area contributed by atoms with Gasteiger partial charge in [-0.05, 0) is 48.5 Å². The second kappa shape index (κ2) is 8.66. The number of para-hydroxylation sites is 4. The number of hydrogen-bond donors (Lipinski definition) is 0. The molecule has 0 unspecified atom stereocenters. The molecule has 5 rings (SSSR count). The van der Waals surface area contributed by atoms with Crippen molar-refractivity contribution in [3.8, 4) is 22.8 Å². The zero-order chi connectivity index (χ0) is 19.4. The van der Waals surface area contributed by atoms with Gasteiger partial charge in [0.25, 0.3) is 11.6 Å². The number of rotatable bonds is 2. The van der Waals surface area contributed by atoms with Crippen molar-refractivity contribution in [2.24, 2.45) is 28.2 Å². The summed E-state index contributed by atoms with van der Waals surface area (Å²) in [5, 5.41) is 0. The number of aromatic nitrogens is 4. The largest absolute Gasteiger partial charge is 1.00 e. The van der Waals surface area contributed by atoms with Crippen LogP contribution >= 0.6 is 0 Å². The molecule has 2 aromatic heterocycles. The molecule has 6 heteroatoms. The minimum Gasteiger partial charge on any atom is -1.00 e. The summed E-state index contributed by atoms with van der Waals surface area (Å²) >= 11 is 0. The number of aryl methyl sites for hydroxylation is 4. The molecule has 0 spiro atoms. The Morgan fingerprint density at radius 2 is 0.867 bits per heavy atom. The molecule has 0 saturated heterocycles. The smallest absolute Gasteiger partial charge is 0.289 e. The summed E-state index contributed by atoms with van der Waals surface area (Å²) in [6.07, 6.45) is 0. The lowest BCUT2D eigenvalue weighted by molar-refractivity contribution is -0.634. The number of hydrogen-bond acceptors (Lipinski definition) is 0. The van der Waals surface area contributed by atoms with E-state index in [1.807, 2.05) is 0 Å². The molecule has 0 fully saturated rings. The van der Waals surface area contributed by atoms with E-state index in [0.29, 0.717) is 0 Å². The quantitative estimate of drug-likeness (QED) is 0.155. The van der Waals surface area contributed by atoms with Crippen LogP contribution in [0.25, 0.3) is 44.8 Å². The first-order chi connectivity index (χ1) is 13.6. The molecule has 0 N–H and O–H groups in total. The van der Waals surface area contributed by atoms with Crippen molar-refractivity contribution < 1.29 is 57.1 Å². The van der Waals surface area contributed by atoms with Crippen molar-refractivity contribution in [2.75, 3.05) is 0 Å². The van der Waals surface area contributed by atoms with Crippen LogP contribution < -0.4 is 57.1 Å². The lowest BCUT2D eigenvalue weighted by Gasteiger charge is -2.02. The van der Waals surface area contributed by atoms with E-state index < -0.39 is 0 Å². The molecule has 2 heterocycles. The summed E-state index contributed by atoms with van der Waals surface area (Å²) in [5.74, 6) is 2.41. The van der Waals surface area contributed by atoms with Crippen LogP contribution in [0, 0.1) is 0 Å². The van der Waals surface area contributed by atoms with Crippen LogP contribution in [0.1, 0.15) is 0 Å². The van der Waals surface area contributed by atoms with Crippen LogP contribution in [-0.2, 0) is 28.2 Å². The Morgan fingerprint density at radius 1 is 0.533 bits per heavy atom. The van der Waals surface area contributed by atoms with Gasteiger partial charge in [0.2, 0.25) is 0 Å². The molecule has 0 saturated carbocycles. The number of nitrogens with zero attached hydrogens (tertiary/aromatic N) is 4. The standard InChI is InChI=1S/C24H24N4.2HI/c1-25-19-9-5-6-10-20(19)26(2)23(25)17-13-15-18(16-14-17)24-27(3)21-11-7-8-12-22(21)28(24)4;;/h5-16H,1-4H3;2*1H/q+2;;/p-2. The van der Waals surface area contributed by atoms with Gasteiger partial charge in [0.1, 0.15) is 0 Å². The maximum Gasteiger partial charge on any atom is 0.289 e. The summed E-state index contributed by atoms with van der Waals surface area (Å²) in [6.45, 7) is 0. The van der Waals surface area contributed by atoms with Crippen molar-refractivity contribution in [3.05, 3.63) is 72.8 Å². The number of benzene rings is 3. The van der Waals surface area contributed by atoms with Crippen LogP contribution in [0.4, 0.5) is 0 Å². The molecule has 0 bridgehead atoms. The van der Waals surface area contributed by atoms with Gasteiger partial charge < -0.3 is 48.0 Å². The first-order valence-electron chi connectivity index (χ1n) is 9.55. The second-order valence-corrected chi connectivity index (χ2v) is 7.44. The van der Waals surface area contributed by atoms with Crippen molar-refractivity contribution in [3.63, 3.8) is 0 Å². The topological polar surface area (TPSA) is 17.6 Å². The van der Waals surface area contributed by atoms with Crippen LogP contribution in [-0.4, -0.2) is 9.13 Å². The van der Waals surface area contributed by atoms with E-state index in [4.69, 9.17) is 0 Å². The Balaban J connectivity index is 0.00000128. The molecule has 4 nitrogen and oxygen atoms in total. The summed E-state index contributed by atoms with van der Waals surface area (Å²) in [6, 6.07) is 25.9. The van der Waals surface area contributed by atoms with Gasteiger partial charge in [0.05, 0.1) is 39.3 Å². The third kappa shape index (κ3) is 3.33. The third-order valence-corrected chi connectivity index (χ3v) is 5.88. The third-order valence-electron chi connectivity index (χ3n) is 5.88. The van der Waals surface area contributed by atoms with E-state index in [-0.39, 0.29) is 48.0 Å². The van der Waals surface area contributed by atoms with Crippen LogP contribution in [0.2, 0.25) is 0 Å². The van der Waals surface area contributed by atoms with Crippen molar-refractivity contribution >= 4 is 22.1 Å².